The van der Waals surface area contributed by atoms with Gasteiger partial charge in [-0.05, 0) is 12.3 Å². The molecule has 74 valence electrons. The summed E-state index contributed by atoms with van der Waals surface area (Å²) in [6.45, 7) is 8.69. The molecule has 0 aromatic carbocycles. The van der Waals surface area contributed by atoms with Gasteiger partial charge in [-0.3, -0.25) is 10.7 Å². The van der Waals surface area contributed by atoms with E-state index >= 15 is 0 Å². The summed E-state index contributed by atoms with van der Waals surface area (Å²) in [7, 11) is 0. The highest BCUT2D eigenvalue weighted by Gasteiger charge is 2.41. The van der Waals surface area contributed by atoms with Crippen molar-refractivity contribution in [3.05, 3.63) is 0 Å². The molecule has 1 saturated heterocycles. The highest BCUT2D eigenvalue weighted by Crippen LogP contribution is 2.27. The number of amides is 2. The van der Waals surface area contributed by atoms with Crippen LogP contribution in [0.4, 0.5) is 4.79 Å². The molecule has 0 saturated carbocycles. The SMILES string of the molecule is CCN1C(=O)NC(=N)C1C(C)(C)C. The molecule has 4 nitrogen and oxygen atoms in total. The first-order chi connectivity index (χ1) is 5.88. The molecule has 1 unspecified atom stereocenters. The first-order valence-electron chi connectivity index (χ1n) is 4.54. The number of carbonyl (C=O) groups is 1. The molecule has 1 heterocycles. The van der Waals surface area contributed by atoms with Crippen LogP contribution in [-0.2, 0) is 0 Å². The zero-order valence-electron chi connectivity index (χ0n) is 8.64. The quantitative estimate of drug-likeness (QED) is 0.634. The maximum absolute atomic E-state index is 11.3. The van der Waals surface area contributed by atoms with Crippen LogP contribution in [0, 0.1) is 10.8 Å². The lowest BCUT2D eigenvalue weighted by molar-refractivity contribution is 0.174. The number of hydrogen-bond acceptors (Lipinski definition) is 2. The second-order valence-corrected chi connectivity index (χ2v) is 4.40. The second kappa shape index (κ2) is 3.01. The summed E-state index contributed by atoms with van der Waals surface area (Å²) in [4.78, 5) is 13.0. The normalized spacial score (nSPS) is 23.7. The van der Waals surface area contributed by atoms with Crippen LogP contribution in [0.1, 0.15) is 27.7 Å². The molecule has 0 radical (unpaired) electrons. The first-order valence-corrected chi connectivity index (χ1v) is 4.54. The summed E-state index contributed by atoms with van der Waals surface area (Å²) in [6, 6.07) is -0.252. The van der Waals surface area contributed by atoms with Gasteiger partial charge < -0.3 is 4.90 Å². The van der Waals surface area contributed by atoms with Gasteiger partial charge in [0.2, 0.25) is 0 Å². The minimum absolute atomic E-state index is 0.0771. The molecule has 0 bridgehead atoms. The molecule has 0 aromatic heterocycles. The van der Waals surface area contributed by atoms with Crippen LogP contribution in [0.3, 0.4) is 0 Å². The average Bonchev–Trinajstić information content (AvgIpc) is 2.23. The topological polar surface area (TPSA) is 56.2 Å². The van der Waals surface area contributed by atoms with E-state index in [4.69, 9.17) is 5.41 Å². The van der Waals surface area contributed by atoms with Crippen molar-refractivity contribution in [2.24, 2.45) is 5.41 Å². The number of likely N-dealkylation sites (N-methyl/N-ethyl adjacent to an activating group) is 1. The van der Waals surface area contributed by atoms with Crippen LogP contribution >= 0.6 is 0 Å². The van der Waals surface area contributed by atoms with Crippen molar-refractivity contribution in [3.8, 4) is 0 Å². The molecule has 1 fully saturated rings. The van der Waals surface area contributed by atoms with Crippen molar-refractivity contribution in [1.29, 1.82) is 5.41 Å². The Bertz CT molecular complexity index is 242. The smallest absolute Gasteiger partial charge is 0.314 e. The van der Waals surface area contributed by atoms with Gasteiger partial charge in [0.1, 0.15) is 5.84 Å². The molecule has 0 spiro atoms. The molecule has 0 aliphatic carbocycles. The number of rotatable bonds is 1. The Morgan fingerprint density at radius 2 is 2.08 bits per heavy atom. The summed E-state index contributed by atoms with van der Waals surface area (Å²) in [5.41, 5.74) is -0.0771. The van der Waals surface area contributed by atoms with E-state index in [-0.39, 0.29) is 17.5 Å². The van der Waals surface area contributed by atoms with E-state index in [0.717, 1.165) is 0 Å². The van der Waals surface area contributed by atoms with E-state index in [1.54, 1.807) is 4.90 Å². The highest BCUT2D eigenvalue weighted by atomic mass is 16.2. The summed E-state index contributed by atoms with van der Waals surface area (Å²) < 4.78 is 0. The third kappa shape index (κ3) is 1.66. The number of amidine groups is 1. The zero-order chi connectivity index (χ0) is 10.2. The molecule has 4 heteroatoms. The standard InChI is InChI=1S/C9H17N3O/c1-5-12-6(9(2,3)4)7(10)11-8(12)13/h6H,5H2,1-4H3,(H2,10,11,13). The minimum Gasteiger partial charge on any atom is -0.314 e. The maximum Gasteiger partial charge on any atom is 0.323 e. The summed E-state index contributed by atoms with van der Waals surface area (Å²) >= 11 is 0. The van der Waals surface area contributed by atoms with E-state index in [0.29, 0.717) is 12.4 Å². The highest BCUT2D eigenvalue weighted by molar-refractivity contribution is 6.05. The van der Waals surface area contributed by atoms with Crippen molar-refractivity contribution in [2.75, 3.05) is 6.54 Å². The van der Waals surface area contributed by atoms with Gasteiger partial charge in [-0.25, -0.2) is 4.79 Å². The van der Waals surface area contributed by atoms with E-state index < -0.39 is 0 Å². The third-order valence-electron chi connectivity index (χ3n) is 2.25. The Balaban J connectivity index is 2.94. The summed E-state index contributed by atoms with van der Waals surface area (Å²) in [5, 5.41) is 10.2. The van der Waals surface area contributed by atoms with Crippen molar-refractivity contribution in [1.82, 2.24) is 10.2 Å². The molecular weight excluding hydrogens is 166 g/mol. The molecule has 0 aromatic rings. The Labute approximate surface area is 78.8 Å². The van der Waals surface area contributed by atoms with Crippen molar-refractivity contribution >= 4 is 11.9 Å². The lowest BCUT2D eigenvalue weighted by Gasteiger charge is -2.32. The van der Waals surface area contributed by atoms with Crippen LogP contribution in [0.15, 0.2) is 0 Å². The fourth-order valence-corrected chi connectivity index (χ4v) is 1.76. The predicted octanol–water partition coefficient (Wildman–Crippen LogP) is 1.42. The number of carbonyl (C=O) groups excluding carboxylic acids is 1. The first kappa shape index (κ1) is 10.0. The lowest BCUT2D eigenvalue weighted by Crippen LogP contribution is -2.44. The monoisotopic (exact) mass is 183 g/mol. The zero-order valence-corrected chi connectivity index (χ0v) is 8.64. The third-order valence-corrected chi connectivity index (χ3v) is 2.25. The Morgan fingerprint density at radius 1 is 1.54 bits per heavy atom. The van der Waals surface area contributed by atoms with Crippen LogP contribution in [0.5, 0.6) is 0 Å². The van der Waals surface area contributed by atoms with Gasteiger partial charge in [0.05, 0.1) is 6.04 Å². The molecule has 2 amide bonds. The van der Waals surface area contributed by atoms with Gasteiger partial charge in [0.25, 0.3) is 0 Å². The lowest BCUT2D eigenvalue weighted by atomic mass is 9.86. The number of nitrogens with zero attached hydrogens (tertiary/aromatic N) is 1. The molecular formula is C9H17N3O. The largest absolute Gasteiger partial charge is 0.323 e. The van der Waals surface area contributed by atoms with Crippen LogP contribution in [-0.4, -0.2) is 29.4 Å². The fourth-order valence-electron chi connectivity index (χ4n) is 1.76. The fraction of sp³-hybridized carbons (Fsp3) is 0.778. The van der Waals surface area contributed by atoms with Crippen LogP contribution in [0.25, 0.3) is 0 Å². The van der Waals surface area contributed by atoms with E-state index in [1.165, 1.54) is 0 Å². The van der Waals surface area contributed by atoms with E-state index in [9.17, 15) is 4.79 Å². The van der Waals surface area contributed by atoms with Gasteiger partial charge in [-0.15, -0.1) is 0 Å². The average molecular weight is 183 g/mol. The molecule has 1 rings (SSSR count). The Morgan fingerprint density at radius 3 is 2.38 bits per heavy atom. The second-order valence-electron chi connectivity index (χ2n) is 4.40. The molecule has 13 heavy (non-hydrogen) atoms. The van der Waals surface area contributed by atoms with Gasteiger partial charge in [0.15, 0.2) is 0 Å². The van der Waals surface area contributed by atoms with Gasteiger partial charge in [0, 0.05) is 6.54 Å². The van der Waals surface area contributed by atoms with E-state index in [1.807, 2.05) is 27.7 Å². The van der Waals surface area contributed by atoms with Gasteiger partial charge >= 0.3 is 6.03 Å². The molecule has 1 aliphatic heterocycles. The molecule has 1 aliphatic rings. The summed E-state index contributed by atoms with van der Waals surface area (Å²) in [6.07, 6.45) is 0. The minimum atomic E-state index is -0.146. The van der Waals surface area contributed by atoms with Crippen LogP contribution < -0.4 is 5.32 Å². The number of hydrogen-bond donors (Lipinski definition) is 2. The molecule has 1 atom stereocenters. The maximum atomic E-state index is 11.3. The van der Waals surface area contributed by atoms with Crippen molar-refractivity contribution in [3.63, 3.8) is 0 Å². The number of urea groups is 1. The Kier molecular flexibility index (Phi) is 2.32. The molecule has 2 N–H and O–H groups in total. The van der Waals surface area contributed by atoms with Gasteiger partial charge in [-0.2, -0.15) is 0 Å². The van der Waals surface area contributed by atoms with Crippen molar-refractivity contribution in [2.45, 2.75) is 33.7 Å². The predicted molar refractivity (Wildman–Crippen MR) is 51.9 cm³/mol. The van der Waals surface area contributed by atoms with Crippen LogP contribution in [0.2, 0.25) is 0 Å². The van der Waals surface area contributed by atoms with E-state index in [2.05, 4.69) is 5.32 Å². The van der Waals surface area contributed by atoms with Gasteiger partial charge in [-0.1, -0.05) is 20.8 Å². The Hall–Kier alpha value is -1.06. The van der Waals surface area contributed by atoms with Crippen molar-refractivity contribution < 1.29 is 4.79 Å². The number of nitrogens with one attached hydrogen (secondary N) is 2. The summed E-state index contributed by atoms with van der Waals surface area (Å²) in [5.74, 6) is 0.319.